The Morgan fingerprint density at radius 1 is 1.33 bits per heavy atom. The lowest BCUT2D eigenvalue weighted by molar-refractivity contribution is -0.0784. The molecule has 160 valence electrons. The summed E-state index contributed by atoms with van der Waals surface area (Å²) in [6, 6.07) is 3.17. The number of fused-ring (bicyclic) bond motifs is 1. The fourth-order valence-corrected chi connectivity index (χ4v) is 4.41. The van der Waals surface area contributed by atoms with Crippen molar-refractivity contribution in [3.8, 4) is 11.3 Å². The SMILES string of the molecule is CC(C)n1c(N(C)CC2(O)CN(C)C2)nc2c(F)cc(-c3nc(N)ncc3Cl)cc21. The van der Waals surface area contributed by atoms with E-state index in [1.54, 1.807) is 0 Å². The lowest BCUT2D eigenvalue weighted by Gasteiger charge is -2.46. The molecule has 1 aromatic carbocycles. The van der Waals surface area contributed by atoms with Gasteiger partial charge >= 0.3 is 0 Å². The molecular formula is C20H25ClFN7O. The molecule has 8 nitrogen and oxygen atoms in total. The van der Waals surface area contributed by atoms with Gasteiger partial charge in [-0.05, 0) is 33.0 Å². The molecule has 4 rings (SSSR count). The Morgan fingerprint density at radius 3 is 2.67 bits per heavy atom. The number of hydrogen-bond donors (Lipinski definition) is 2. The van der Waals surface area contributed by atoms with Crippen LogP contribution < -0.4 is 10.6 Å². The Bertz CT molecular complexity index is 1110. The van der Waals surface area contributed by atoms with Gasteiger partial charge in [0.15, 0.2) is 5.82 Å². The van der Waals surface area contributed by atoms with Crippen molar-refractivity contribution in [2.75, 3.05) is 44.4 Å². The predicted molar refractivity (Wildman–Crippen MR) is 116 cm³/mol. The van der Waals surface area contributed by atoms with Gasteiger partial charge in [0.05, 0.1) is 29.0 Å². The van der Waals surface area contributed by atoms with E-state index >= 15 is 4.39 Å². The molecule has 0 bridgehead atoms. The zero-order valence-electron chi connectivity index (χ0n) is 17.4. The molecule has 30 heavy (non-hydrogen) atoms. The average Bonchev–Trinajstić information content (AvgIpc) is 3.03. The summed E-state index contributed by atoms with van der Waals surface area (Å²) in [5, 5.41) is 11.0. The minimum atomic E-state index is -0.806. The first kappa shape index (κ1) is 20.8. The third-order valence-corrected chi connectivity index (χ3v) is 5.56. The summed E-state index contributed by atoms with van der Waals surface area (Å²) in [7, 11) is 3.82. The average molecular weight is 434 g/mol. The van der Waals surface area contributed by atoms with Crippen molar-refractivity contribution in [1.82, 2.24) is 24.4 Å². The predicted octanol–water partition coefficient (Wildman–Crippen LogP) is 2.56. The Hall–Kier alpha value is -2.49. The standard InChI is InChI=1S/C20H25ClFN7O/c1-11(2)29-15-6-12(16-13(21)7-24-18(23)25-16)5-14(22)17(15)26-19(29)28(4)10-20(30)8-27(3)9-20/h5-7,11,30H,8-10H2,1-4H3,(H2,23,24,25). The molecular weight excluding hydrogens is 409 g/mol. The summed E-state index contributed by atoms with van der Waals surface area (Å²) in [4.78, 5) is 16.5. The number of rotatable bonds is 5. The third kappa shape index (κ3) is 3.57. The number of imidazole rings is 1. The zero-order valence-corrected chi connectivity index (χ0v) is 18.2. The molecule has 0 saturated carbocycles. The van der Waals surface area contributed by atoms with Crippen molar-refractivity contribution in [2.45, 2.75) is 25.5 Å². The number of likely N-dealkylation sites (tertiary alicyclic amines) is 1. The van der Waals surface area contributed by atoms with Crippen molar-refractivity contribution in [3.63, 3.8) is 0 Å². The van der Waals surface area contributed by atoms with Crippen molar-refractivity contribution in [1.29, 1.82) is 0 Å². The minimum Gasteiger partial charge on any atom is -0.385 e. The maximum Gasteiger partial charge on any atom is 0.220 e. The molecule has 0 aliphatic carbocycles. The van der Waals surface area contributed by atoms with E-state index < -0.39 is 11.4 Å². The van der Waals surface area contributed by atoms with Gasteiger partial charge in [0.2, 0.25) is 11.9 Å². The van der Waals surface area contributed by atoms with Crippen LogP contribution in [0.4, 0.5) is 16.3 Å². The van der Waals surface area contributed by atoms with Crippen LogP contribution in [0.5, 0.6) is 0 Å². The Labute approximate surface area is 179 Å². The second-order valence-electron chi connectivity index (χ2n) is 8.38. The normalized spacial score (nSPS) is 16.3. The molecule has 3 heterocycles. The number of nitrogen functional groups attached to an aromatic ring is 1. The highest BCUT2D eigenvalue weighted by Crippen LogP contribution is 2.34. The summed E-state index contributed by atoms with van der Waals surface area (Å²) in [6.07, 6.45) is 1.40. The first-order chi connectivity index (χ1) is 14.1. The van der Waals surface area contributed by atoms with Crippen LogP contribution in [0.2, 0.25) is 5.02 Å². The molecule has 0 amide bonds. The van der Waals surface area contributed by atoms with E-state index in [0.29, 0.717) is 42.4 Å². The van der Waals surface area contributed by atoms with E-state index in [9.17, 15) is 5.11 Å². The van der Waals surface area contributed by atoms with E-state index in [-0.39, 0.29) is 22.5 Å². The lowest BCUT2D eigenvalue weighted by atomic mass is 9.94. The number of nitrogens with two attached hydrogens (primary N) is 1. The van der Waals surface area contributed by atoms with Gasteiger partial charge in [0.1, 0.15) is 11.1 Å². The van der Waals surface area contributed by atoms with Crippen molar-refractivity contribution >= 4 is 34.5 Å². The molecule has 1 saturated heterocycles. The lowest BCUT2D eigenvalue weighted by Crippen LogP contribution is -2.64. The van der Waals surface area contributed by atoms with Crippen LogP contribution in [0, 0.1) is 5.82 Å². The molecule has 0 unspecified atom stereocenters. The van der Waals surface area contributed by atoms with Crippen LogP contribution in [0.1, 0.15) is 19.9 Å². The van der Waals surface area contributed by atoms with Gasteiger partial charge in [-0.15, -0.1) is 0 Å². The van der Waals surface area contributed by atoms with Crippen LogP contribution in [0.3, 0.4) is 0 Å². The van der Waals surface area contributed by atoms with Gasteiger partial charge in [-0.2, -0.15) is 0 Å². The van der Waals surface area contributed by atoms with Gasteiger partial charge in [0, 0.05) is 31.7 Å². The molecule has 1 aliphatic heterocycles. The summed E-state index contributed by atoms with van der Waals surface area (Å²) in [6.45, 7) is 5.59. The monoisotopic (exact) mass is 433 g/mol. The molecule has 2 aromatic heterocycles. The van der Waals surface area contributed by atoms with Crippen molar-refractivity contribution < 1.29 is 9.50 Å². The molecule has 10 heteroatoms. The number of anilines is 2. The number of nitrogens with zero attached hydrogens (tertiary/aromatic N) is 6. The number of aliphatic hydroxyl groups is 1. The zero-order chi connectivity index (χ0) is 21.8. The highest BCUT2D eigenvalue weighted by Gasteiger charge is 2.40. The fourth-order valence-electron chi connectivity index (χ4n) is 4.21. The van der Waals surface area contributed by atoms with Gasteiger partial charge in [-0.1, -0.05) is 11.6 Å². The number of halogens is 2. The maximum atomic E-state index is 15.1. The van der Waals surface area contributed by atoms with Gasteiger partial charge in [0.25, 0.3) is 0 Å². The number of benzene rings is 1. The maximum absolute atomic E-state index is 15.1. The van der Waals surface area contributed by atoms with Crippen molar-refractivity contribution in [2.24, 2.45) is 0 Å². The molecule has 1 aliphatic rings. The van der Waals surface area contributed by atoms with Gasteiger partial charge in [-0.3, -0.25) is 0 Å². The summed E-state index contributed by atoms with van der Waals surface area (Å²) < 4.78 is 17.0. The van der Waals surface area contributed by atoms with E-state index in [1.807, 2.05) is 48.4 Å². The van der Waals surface area contributed by atoms with Crippen LogP contribution in [-0.2, 0) is 0 Å². The molecule has 0 radical (unpaired) electrons. The molecule has 0 atom stereocenters. The highest BCUT2D eigenvalue weighted by molar-refractivity contribution is 6.33. The minimum absolute atomic E-state index is 0.00625. The van der Waals surface area contributed by atoms with E-state index in [2.05, 4.69) is 15.0 Å². The van der Waals surface area contributed by atoms with Crippen LogP contribution in [-0.4, -0.2) is 68.9 Å². The Morgan fingerprint density at radius 2 is 2.03 bits per heavy atom. The van der Waals surface area contributed by atoms with Gasteiger partial charge in [-0.25, -0.2) is 19.3 Å². The van der Waals surface area contributed by atoms with E-state index in [4.69, 9.17) is 17.3 Å². The van der Waals surface area contributed by atoms with Crippen molar-refractivity contribution in [3.05, 3.63) is 29.2 Å². The number of hydrogen-bond acceptors (Lipinski definition) is 7. The smallest absolute Gasteiger partial charge is 0.220 e. The fraction of sp³-hybridized carbons (Fsp3) is 0.450. The van der Waals surface area contributed by atoms with Gasteiger partial charge < -0.3 is 25.2 Å². The summed E-state index contributed by atoms with van der Waals surface area (Å²) in [5.74, 6) is 0.172. The summed E-state index contributed by atoms with van der Waals surface area (Å²) in [5.41, 5.74) is 6.62. The first-order valence-electron chi connectivity index (χ1n) is 9.70. The largest absolute Gasteiger partial charge is 0.385 e. The number of β-amino-alcohol motifs (C(OH)–C–C–N with tert-alkyl or cyclic N) is 1. The van der Waals surface area contributed by atoms with Crippen LogP contribution >= 0.6 is 11.6 Å². The second kappa shape index (κ2) is 7.33. The van der Waals surface area contributed by atoms with E-state index in [0.717, 1.165) is 0 Å². The number of aromatic nitrogens is 4. The molecule has 3 N–H and O–H groups in total. The quantitative estimate of drug-likeness (QED) is 0.638. The molecule has 0 spiro atoms. The van der Waals surface area contributed by atoms with E-state index in [1.165, 1.54) is 12.3 Å². The highest BCUT2D eigenvalue weighted by atomic mass is 35.5. The van der Waals surface area contributed by atoms with Crippen LogP contribution in [0.25, 0.3) is 22.3 Å². The topological polar surface area (TPSA) is 96.3 Å². The number of likely N-dealkylation sites (N-methyl/N-ethyl adjacent to an activating group) is 2. The Kier molecular flexibility index (Phi) is 5.08. The second-order valence-corrected chi connectivity index (χ2v) is 8.79. The van der Waals surface area contributed by atoms with Crippen LogP contribution in [0.15, 0.2) is 18.3 Å². The molecule has 3 aromatic rings. The first-order valence-corrected chi connectivity index (χ1v) is 10.1. The molecule has 1 fully saturated rings. The summed E-state index contributed by atoms with van der Waals surface area (Å²) >= 11 is 6.23. The Balaban J connectivity index is 1.82. The third-order valence-electron chi connectivity index (χ3n) is 5.28.